The number of carboxylic acid groups (broad SMARTS) is 1. The maximum atomic E-state index is 12.0. The molecule has 1 amide bonds. The lowest BCUT2D eigenvalue weighted by Gasteiger charge is -2.06. The molecule has 0 aliphatic rings. The summed E-state index contributed by atoms with van der Waals surface area (Å²) in [4.78, 5) is 30.7. The first-order valence-electron chi connectivity index (χ1n) is 5.91. The van der Waals surface area contributed by atoms with Gasteiger partial charge in [-0.1, -0.05) is 0 Å². The fourth-order valence-electron chi connectivity index (χ4n) is 1.78. The Balaban J connectivity index is 2.23. The second kappa shape index (κ2) is 5.48. The molecule has 2 aromatic heterocycles. The molecule has 0 fully saturated rings. The summed E-state index contributed by atoms with van der Waals surface area (Å²) in [5.74, 6) is -1.17. The molecule has 0 radical (unpaired) electrons. The number of aryl methyl sites for hydroxylation is 2. The Morgan fingerprint density at radius 2 is 1.95 bits per heavy atom. The Morgan fingerprint density at radius 3 is 2.60 bits per heavy atom. The molecular weight excluding hydrogens is 258 g/mol. The van der Waals surface area contributed by atoms with Crippen molar-refractivity contribution >= 4 is 17.7 Å². The van der Waals surface area contributed by atoms with Gasteiger partial charge in [0.1, 0.15) is 11.5 Å². The lowest BCUT2D eigenvalue weighted by molar-refractivity contribution is 0.0690. The van der Waals surface area contributed by atoms with E-state index >= 15 is 0 Å². The van der Waals surface area contributed by atoms with Crippen LogP contribution in [0.4, 0.5) is 5.82 Å². The van der Waals surface area contributed by atoms with Gasteiger partial charge in [-0.2, -0.15) is 0 Å². The number of nitrogens with zero attached hydrogens (tertiary/aromatic N) is 2. The number of carbonyl (C=O) groups is 2. The average Bonchev–Trinajstić information content (AvgIpc) is 2.37. The summed E-state index contributed by atoms with van der Waals surface area (Å²) >= 11 is 0. The minimum Gasteiger partial charge on any atom is -0.477 e. The monoisotopic (exact) mass is 271 g/mol. The standard InChI is InChI=1S/C14H13N3O3/c1-8-5-9(2)16-12(6-8)17-13(18)10-3-4-15-11(7-10)14(19)20/h3-7H,1-2H3,(H,19,20)(H,16,17,18). The molecule has 102 valence electrons. The summed E-state index contributed by atoms with van der Waals surface area (Å²) < 4.78 is 0. The van der Waals surface area contributed by atoms with E-state index in [2.05, 4.69) is 15.3 Å². The van der Waals surface area contributed by atoms with Crippen LogP contribution in [-0.4, -0.2) is 27.0 Å². The number of nitrogens with one attached hydrogen (secondary N) is 1. The molecule has 2 N–H and O–H groups in total. The lowest BCUT2D eigenvalue weighted by atomic mass is 10.2. The van der Waals surface area contributed by atoms with Crippen LogP contribution in [0.2, 0.25) is 0 Å². The minimum atomic E-state index is -1.18. The number of aromatic carboxylic acids is 1. The van der Waals surface area contributed by atoms with E-state index in [9.17, 15) is 9.59 Å². The SMILES string of the molecule is Cc1cc(C)nc(NC(=O)c2ccnc(C(=O)O)c2)c1. The van der Waals surface area contributed by atoms with Crippen LogP contribution in [0.25, 0.3) is 0 Å². The first-order chi connectivity index (χ1) is 9.45. The summed E-state index contributed by atoms with van der Waals surface area (Å²) in [6.07, 6.45) is 1.29. The summed E-state index contributed by atoms with van der Waals surface area (Å²) in [5, 5.41) is 11.5. The Labute approximate surface area is 115 Å². The number of hydrogen-bond acceptors (Lipinski definition) is 4. The third-order valence-corrected chi connectivity index (χ3v) is 2.58. The van der Waals surface area contributed by atoms with Gasteiger partial charge in [-0.25, -0.2) is 14.8 Å². The van der Waals surface area contributed by atoms with Crippen molar-refractivity contribution in [2.24, 2.45) is 0 Å². The summed E-state index contributed by atoms with van der Waals surface area (Å²) in [5.41, 5.74) is 1.82. The summed E-state index contributed by atoms with van der Waals surface area (Å²) in [7, 11) is 0. The van der Waals surface area contributed by atoms with Gasteiger partial charge in [-0.3, -0.25) is 4.79 Å². The van der Waals surface area contributed by atoms with E-state index in [1.807, 2.05) is 19.9 Å². The molecule has 0 bridgehead atoms. The van der Waals surface area contributed by atoms with Crippen molar-refractivity contribution in [1.82, 2.24) is 9.97 Å². The lowest BCUT2D eigenvalue weighted by Crippen LogP contribution is -2.14. The Hall–Kier alpha value is -2.76. The number of carboxylic acids is 1. The van der Waals surface area contributed by atoms with Crippen LogP contribution in [0, 0.1) is 13.8 Å². The molecule has 0 unspecified atom stereocenters. The van der Waals surface area contributed by atoms with Crippen LogP contribution in [-0.2, 0) is 0 Å². The van der Waals surface area contributed by atoms with Crippen molar-refractivity contribution < 1.29 is 14.7 Å². The van der Waals surface area contributed by atoms with Gasteiger partial charge in [-0.05, 0) is 43.7 Å². The maximum Gasteiger partial charge on any atom is 0.354 e. The highest BCUT2D eigenvalue weighted by Crippen LogP contribution is 2.11. The van der Waals surface area contributed by atoms with Crippen molar-refractivity contribution in [2.75, 3.05) is 5.32 Å². The van der Waals surface area contributed by atoms with Gasteiger partial charge in [0.15, 0.2) is 0 Å². The number of amides is 1. The van der Waals surface area contributed by atoms with E-state index in [-0.39, 0.29) is 11.3 Å². The molecule has 6 nitrogen and oxygen atoms in total. The molecule has 0 aliphatic heterocycles. The van der Waals surface area contributed by atoms with E-state index in [0.717, 1.165) is 11.3 Å². The van der Waals surface area contributed by atoms with E-state index in [1.165, 1.54) is 18.3 Å². The van der Waals surface area contributed by atoms with Gasteiger partial charge in [0.2, 0.25) is 0 Å². The number of rotatable bonds is 3. The minimum absolute atomic E-state index is 0.175. The van der Waals surface area contributed by atoms with E-state index in [0.29, 0.717) is 5.82 Å². The highest BCUT2D eigenvalue weighted by Gasteiger charge is 2.11. The van der Waals surface area contributed by atoms with Gasteiger partial charge in [-0.15, -0.1) is 0 Å². The second-order valence-electron chi connectivity index (χ2n) is 4.36. The van der Waals surface area contributed by atoms with Gasteiger partial charge in [0.05, 0.1) is 0 Å². The Kier molecular flexibility index (Phi) is 3.74. The third-order valence-electron chi connectivity index (χ3n) is 2.58. The zero-order chi connectivity index (χ0) is 14.7. The normalized spacial score (nSPS) is 10.1. The fraction of sp³-hybridized carbons (Fsp3) is 0.143. The van der Waals surface area contributed by atoms with Gasteiger partial charge >= 0.3 is 5.97 Å². The summed E-state index contributed by atoms with van der Waals surface area (Å²) in [6, 6.07) is 6.31. The molecule has 2 heterocycles. The fourth-order valence-corrected chi connectivity index (χ4v) is 1.78. The van der Waals surface area contributed by atoms with Crippen LogP contribution in [0.5, 0.6) is 0 Å². The molecule has 0 saturated carbocycles. The second-order valence-corrected chi connectivity index (χ2v) is 4.36. The maximum absolute atomic E-state index is 12.0. The van der Waals surface area contributed by atoms with Crippen LogP contribution in [0.3, 0.4) is 0 Å². The van der Waals surface area contributed by atoms with Crippen LogP contribution in [0.15, 0.2) is 30.5 Å². The van der Waals surface area contributed by atoms with Crippen molar-refractivity contribution in [2.45, 2.75) is 13.8 Å². The molecule has 0 atom stereocenters. The number of hydrogen-bond donors (Lipinski definition) is 2. The molecule has 2 rings (SSSR count). The third kappa shape index (κ3) is 3.17. The van der Waals surface area contributed by atoms with Crippen molar-refractivity contribution in [1.29, 1.82) is 0 Å². The molecule has 0 saturated heterocycles. The van der Waals surface area contributed by atoms with Crippen molar-refractivity contribution in [3.63, 3.8) is 0 Å². The quantitative estimate of drug-likeness (QED) is 0.891. The molecule has 0 aliphatic carbocycles. The number of anilines is 1. The Morgan fingerprint density at radius 1 is 1.20 bits per heavy atom. The zero-order valence-corrected chi connectivity index (χ0v) is 11.0. The predicted octanol–water partition coefficient (Wildman–Crippen LogP) is 2.04. The highest BCUT2D eigenvalue weighted by atomic mass is 16.4. The predicted molar refractivity (Wildman–Crippen MR) is 72.9 cm³/mol. The molecule has 0 aromatic carbocycles. The number of aromatic nitrogens is 2. The van der Waals surface area contributed by atoms with Crippen LogP contribution < -0.4 is 5.32 Å². The van der Waals surface area contributed by atoms with Gasteiger partial charge in [0, 0.05) is 17.5 Å². The summed E-state index contributed by atoms with van der Waals surface area (Å²) in [6.45, 7) is 3.73. The smallest absolute Gasteiger partial charge is 0.354 e. The van der Waals surface area contributed by atoms with Gasteiger partial charge < -0.3 is 10.4 Å². The van der Waals surface area contributed by atoms with Crippen LogP contribution in [0.1, 0.15) is 32.1 Å². The van der Waals surface area contributed by atoms with Crippen molar-refractivity contribution in [3.05, 3.63) is 53.0 Å². The molecule has 6 heteroatoms. The van der Waals surface area contributed by atoms with Crippen molar-refractivity contribution in [3.8, 4) is 0 Å². The first-order valence-corrected chi connectivity index (χ1v) is 5.91. The highest BCUT2D eigenvalue weighted by molar-refractivity contribution is 6.04. The molecular formula is C14H13N3O3. The molecule has 0 spiro atoms. The topological polar surface area (TPSA) is 92.2 Å². The Bertz CT molecular complexity index is 663. The average molecular weight is 271 g/mol. The number of pyridine rings is 2. The van der Waals surface area contributed by atoms with Gasteiger partial charge in [0.25, 0.3) is 5.91 Å². The number of carbonyl (C=O) groups excluding carboxylic acids is 1. The van der Waals surface area contributed by atoms with E-state index in [4.69, 9.17) is 5.11 Å². The molecule has 20 heavy (non-hydrogen) atoms. The first kappa shape index (κ1) is 13.7. The van der Waals surface area contributed by atoms with E-state index in [1.54, 1.807) is 6.07 Å². The zero-order valence-electron chi connectivity index (χ0n) is 11.0. The molecule has 2 aromatic rings. The largest absolute Gasteiger partial charge is 0.477 e. The van der Waals surface area contributed by atoms with E-state index < -0.39 is 11.9 Å². The van der Waals surface area contributed by atoms with Crippen LogP contribution >= 0.6 is 0 Å².